The Kier molecular flexibility index (Phi) is 3.78. The van der Waals surface area contributed by atoms with E-state index < -0.39 is 22.0 Å². The second-order valence-corrected chi connectivity index (χ2v) is 8.22. The number of fused-ring (bicyclic) bond motifs is 2. The molecule has 7 nitrogen and oxygen atoms in total. The standard InChI is InChI=1S/C16H14N4O3S2/c17-16(21)13-8-10-4-1-2-5-11(10)9-20(13)25(22,23)14-7-3-6-12-15(14)19-24-18-12/h1-7,13H,8-9H2,(H2,17,21)/t13-/m1/s1. The van der Waals surface area contributed by atoms with Crippen molar-refractivity contribution in [1.82, 2.24) is 13.1 Å². The van der Waals surface area contributed by atoms with Crippen LogP contribution < -0.4 is 5.73 Å². The molecule has 3 aromatic rings. The molecule has 128 valence electrons. The fourth-order valence-electron chi connectivity index (χ4n) is 3.11. The number of hydrogen-bond acceptors (Lipinski definition) is 6. The molecule has 4 rings (SSSR count). The lowest BCUT2D eigenvalue weighted by Gasteiger charge is -2.34. The maximum atomic E-state index is 13.3. The molecule has 9 heteroatoms. The molecule has 1 aliphatic heterocycles. The summed E-state index contributed by atoms with van der Waals surface area (Å²) in [5.41, 5.74) is 8.14. The van der Waals surface area contributed by atoms with Crippen LogP contribution in [0.2, 0.25) is 0 Å². The summed E-state index contributed by atoms with van der Waals surface area (Å²) in [6.07, 6.45) is 0.260. The van der Waals surface area contributed by atoms with Gasteiger partial charge in [-0.1, -0.05) is 30.3 Å². The Morgan fingerprint density at radius 3 is 2.64 bits per heavy atom. The van der Waals surface area contributed by atoms with Gasteiger partial charge in [0.1, 0.15) is 22.0 Å². The SMILES string of the molecule is NC(=O)[C@H]1Cc2ccccc2CN1S(=O)(=O)c1cccc2nsnc12. The molecule has 1 aromatic heterocycles. The summed E-state index contributed by atoms with van der Waals surface area (Å²) in [5, 5.41) is 0. The lowest BCUT2D eigenvalue weighted by atomic mass is 9.96. The monoisotopic (exact) mass is 374 g/mol. The van der Waals surface area contributed by atoms with Crippen LogP contribution in [0.4, 0.5) is 0 Å². The van der Waals surface area contributed by atoms with E-state index in [0.717, 1.165) is 22.9 Å². The highest BCUT2D eigenvalue weighted by atomic mass is 32.2. The Labute approximate surface area is 148 Å². The first-order chi connectivity index (χ1) is 12.0. The highest BCUT2D eigenvalue weighted by molar-refractivity contribution is 7.89. The molecule has 0 aliphatic carbocycles. The zero-order valence-electron chi connectivity index (χ0n) is 13.0. The van der Waals surface area contributed by atoms with Crippen LogP contribution in [0.1, 0.15) is 11.1 Å². The van der Waals surface area contributed by atoms with Gasteiger partial charge in [0.05, 0.1) is 11.7 Å². The first-order valence-electron chi connectivity index (χ1n) is 7.58. The van der Waals surface area contributed by atoms with E-state index in [0.29, 0.717) is 11.0 Å². The van der Waals surface area contributed by atoms with Crippen molar-refractivity contribution < 1.29 is 13.2 Å². The van der Waals surface area contributed by atoms with Gasteiger partial charge in [-0.2, -0.15) is 13.1 Å². The van der Waals surface area contributed by atoms with Crippen molar-refractivity contribution >= 4 is 38.7 Å². The molecular weight excluding hydrogens is 360 g/mol. The van der Waals surface area contributed by atoms with Crippen LogP contribution in [0.5, 0.6) is 0 Å². The molecule has 1 amide bonds. The average molecular weight is 374 g/mol. The normalized spacial score (nSPS) is 18.2. The van der Waals surface area contributed by atoms with Gasteiger partial charge < -0.3 is 5.73 Å². The van der Waals surface area contributed by atoms with E-state index in [1.807, 2.05) is 24.3 Å². The minimum atomic E-state index is -3.96. The van der Waals surface area contributed by atoms with Gasteiger partial charge in [0, 0.05) is 6.54 Å². The number of nitrogens with zero attached hydrogens (tertiary/aromatic N) is 3. The molecule has 0 radical (unpaired) electrons. The number of hydrogen-bond donors (Lipinski definition) is 1. The summed E-state index contributed by atoms with van der Waals surface area (Å²) in [6, 6.07) is 11.3. The Balaban J connectivity index is 1.86. The molecule has 0 bridgehead atoms. The maximum Gasteiger partial charge on any atom is 0.246 e. The number of aromatic nitrogens is 2. The second-order valence-electron chi connectivity index (χ2n) is 5.83. The summed E-state index contributed by atoms with van der Waals surface area (Å²) in [4.78, 5) is 12.0. The van der Waals surface area contributed by atoms with Crippen LogP contribution in [0.25, 0.3) is 11.0 Å². The highest BCUT2D eigenvalue weighted by Gasteiger charge is 2.39. The third-order valence-corrected chi connectivity index (χ3v) is 6.80. The average Bonchev–Trinajstić information content (AvgIpc) is 3.09. The molecule has 2 N–H and O–H groups in total. The molecule has 1 atom stereocenters. The molecule has 0 spiro atoms. The van der Waals surface area contributed by atoms with E-state index in [9.17, 15) is 13.2 Å². The molecule has 1 aliphatic rings. The molecular formula is C16H14N4O3S2. The van der Waals surface area contributed by atoms with Crippen molar-refractivity contribution in [2.75, 3.05) is 0 Å². The van der Waals surface area contributed by atoms with Gasteiger partial charge in [0.2, 0.25) is 15.9 Å². The van der Waals surface area contributed by atoms with Crippen molar-refractivity contribution in [3.8, 4) is 0 Å². The van der Waals surface area contributed by atoms with Crippen molar-refractivity contribution in [3.63, 3.8) is 0 Å². The fourth-order valence-corrected chi connectivity index (χ4v) is 5.44. The van der Waals surface area contributed by atoms with E-state index in [4.69, 9.17) is 5.73 Å². The highest BCUT2D eigenvalue weighted by Crippen LogP contribution is 2.31. The predicted octanol–water partition coefficient (Wildman–Crippen LogP) is 1.29. The van der Waals surface area contributed by atoms with Crippen LogP contribution in [-0.2, 0) is 27.8 Å². The van der Waals surface area contributed by atoms with E-state index in [1.54, 1.807) is 12.1 Å². The number of carbonyl (C=O) groups excluding carboxylic acids is 1. The second kappa shape index (κ2) is 5.87. The van der Waals surface area contributed by atoms with Crippen molar-refractivity contribution in [2.24, 2.45) is 5.73 Å². The van der Waals surface area contributed by atoms with Gasteiger partial charge >= 0.3 is 0 Å². The van der Waals surface area contributed by atoms with E-state index in [2.05, 4.69) is 8.75 Å². The third-order valence-electron chi connectivity index (χ3n) is 4.37. The number of carbonyl (C=O) groups is 1. The van der Waals surface area contributed by atoms with Crippen molar-refractivity contribution in [1.29, 1.82) is 0 Å². The van der Waals surface area contributed by atoms with Crippen LogP contribution in [0.15, 0.2) is 47.4 Å². The fraction of sp³-hybridized carbons (Fsp3) is 0.188. The zero-order valence-corrected chi connectivity index (χ0v) is 14.6. The van der Waals surface area contributed by atoms with Crippen molar-refractivity contribution in [3.05, 3.63) is 53.6 Å². The Hall–Kier alpha value is -2.36. The molecule has 2 aromatic carbocycles. The van der Waals surface area contributed by atoms with E-state index in [-0.39, 0.29) is 17.9 Å². The van der Waals surface area contributed by atoms with Gasteiger partial charge in [0.25, 0.3) is 0 Å². The first-order valence-corrected chi connectivity index (χ1v) is 9.75. The molecule has 2 heterocycles. The first kappa shape index (κ1) is 16.1. The summed E-state index contributed by atoms with van der Waals surface area (Å²) >= 11 is 0.951. The Morgan fingerprint density at radius 1 is 1.12 bits per heavy atom. The lowest BCUT2D eigenvalue weighted by molar-refractivity contribution is -0.122. The number of benzene rings is 2. The third kappa shape index (κ3) is 2.60. The number of sulfonamides is 1. The van der Waals surface area contributed by atoms with Gasteiger partial charge in [-0.25, -0.2) is 8.42 Å². The molecule has 0 fully saturated rings. The van der Waals surface area contributed by atoms with Crippen LogP contribution in [-0.4, -0.2) is 33.4 Å². The minimum absolute atomic E-state index is 0.0457. The topological polar surface area (TPSA) is 106 Å². The number of rotatable bonds is 3. The quantitative estimate of drug-likeness (QED) is 0.743. The van der Waals surface area contributed by atoms with Crippen LogP contribution in [0.3, 0.4) is 0 Å². The van der Waals surface area contributed by atoms with E-state index in [1.165, 1.54) is 10.4 Å². The van der Waals surface area contributed by atoms with E-state index >= 15 is 0 Å². The zero-order chi connectivity index (χ0) is 17.6. The molecule has 0 saturated heterocycles. The van der Waals surface area contributed by atoms with Gasteiger partial charge in [0.15, 0.2) is 0 Å². The Bertz CT molecular complexity index is 1080. The van der Waals surface area contributed by atoms with Gasteiger partial charge in [-0.05, 0) is 29.7 Å². The molecule has 25 heavy (non-hydrogen) atoms. The van der Waals surface area contributed by atoms with Gasteiger partial charge in [-0.3, -0.25) is 4.79 Å². The number of amides is 1. The molecule has 0 saturated carbocycles. The van der Waals surface area contributed by atoms with Crippen molar-refractivity contribution in [2.45, 2.75) is 23.9 Å². The Morgan fingerprint density at radius 2 is 1.88 bits per heavy atom. The summed E-state index contributed by atoms with van der Waals surface area (Å²) in [6.45, 7) is 0.0973. The summed E-state index contributed by atoms with van der Waals surface area (Å²) in [5.74, 6) is -0.665. The maximum absolute atomic E-state index is 13.3. The van der Waals surface area contributed by atoms with Gasteiger partial charge in [-0.15, -0.1) is 0 Å². The molecule has 0 unspecified atom stereocenters. The number of primary amides is 1. The largest absolute Gasteiger partial charge is 0.368 e. The van der Waals surface area contributed by atoms with Crippen LogP contribution >= 0.6 is 11.7 Å². The number of nitrogens with two attached hydrogens (primary N) is 1. The summed E-state index contributed by atoms with van der Waals surface area (Å²) < 4.78 is 35.9. The summed E-state index contributed by atoms with van der Waals surface area (Å²) in [7, 11) is -3.96. The minimum Gasteiger partial charge on any atom is -0.368 e. The van der Waals surface area contributed by atoms with Crippen LogP contribution in [0, 0.1) is 0 Å². The lowest BCUT2D eigenvalue weighted by Crippen LogP contribution is -2.51. The smallest absolute Gasteiger partial charge is 0.246 e. The predicted molar refractivity (Wildman–Crippen MR) is 93.3 cm³/mol.